The summed E-state index contributed by atoms with van der Waals surface area (Å²) in [6.07, 6.45) is -0.829. The third kappa shape index (κ3) is 6.65. The molecule has 3 N–H and O–H groups in total. The zero-order chi connectivity index (χ0) is 19.3. The summed E-state index contributed by atoms with van der Waals surface area (Å²) < 4.78 is 10.2. The van der Waals surface area contributed by atoms with Gasteiger partial charge in [-0.25, -0.2) is 4.79 Å². The highest BCUT2D eigenvalue weighted by Crippen LogP contribution is 2.22. The quantitative estimate of drug-likeness (QED) is 0.640. The van der Waals surface area contributed by atoms with Crippen molar-refractivity contribution >= 4 is 12.0 Å². The normalized spacial score (nSPS) is 21.4. The third-order valence-corrected chi connectivity index (χ3v) is 3.94. The molecule has 2 unspecified atom stereocenters. The van der Waals surface area contributed by atoms with Gasteiger partial charge < -0.3 is 25.2 Å². The Morgan fingerprint density at radius 1 is 1.23 bits per heavy atom. The molecule has 1 aromatic carbocycles. The number of alkyl carbamates (subject to hydrolysis) is 1. The number of aliphatic hydroxyl groups excluding tert-OH is 1. The molecule has 0 aliphatic carbocycles. The molecule has 144 valence electrons. The summed E-state index contributed by atoms with van der Waals surface area (Å²) in [4.78, 5) is 24.7. The molecule has 1 aromatic rings. The summed E-state index contributed by atoms with van der Waals surface area (Å²) in [6, 6.07) is 8.63. The average Bonchev–Trinajstić information content (AvgIpc) is 3.27. The van der Waals surface area contributed by atoms with Crippen LogP contribution in [-0.4, -0.2) is 47.2 Å². The number of rotatable bonds is 7. The number of hydrogen-bond acceptors (Lipinski definition) is 5. The highest BCUT2D eigenvalue weighted by atomic mass is 16.7. The second-order valence-electron chi connectivity index (χ2n) is 7.51. The second-order valence-corrected chi connectivity index (χ2v) is 7.51. The number of amides is 2. The molecule has 0 bridgehead atoms. The molecule has 1 fully saturated rings. The van der Waals surface area contributed by atoms with E-state index in [1.807, 2.05) is 30.3 Å². The maximum atomic E-state index is 12.6. The SMILES string of the molecule is C[C@H](NC(=O)[C@@H](CCc1ccccc1)NC(=O)OC(C)(C)C)C1OC1O. The van der Waals surface area contributed by atoms with Crippen molar-refractivity contribution in [3.8, 4) is 0 Å². The molecule has 7 nitrogen and oxygen atoms in total. The van der Waals surface area contributed by atoms with Gasteiger partial charge in [-0.1, -0.05) is 30.3 Å². The molecule has 26 heavy (non-hydrogen) atoms. The molecule has 2 rings (SSSR count). The average molecular weight is 364 g/mol. The molecule has 0 aromatic heterocycles. The number of carbonyl (C=O) groups is 2. The summed E-state index contributed by atoms with van der Waals surface area (Å²) in [5.41, 5.74) is 0.425. The third-order valence-electron chi connectivity index (χ3n) is 3.94. The largest absolute Gasteiger partial charge is 0.444 e. The molecule has 1 aliphatic rings. The first-order chi connectivity index (χ1) is 12.2. The first-order valence-electron chi connectivity index (χ1n) is 8.83. The molecule has 1 heterocycles. The Hall–Kier alpha value is -2.12. The fraction of sp³-hybridized carbons (Fsp3) is 0.579. The lowest BCUT2D eigenvalue weighted by atomic mass is 10.0. The van der Waals surface area contributed by atoms with Gasteiger partial charge in [-0.2, -0.15) is 0 Å². The Labute approximate surface area is 154 Å². The van der Waals surface area contributed by atoms with E-state index in [1.54, 1.807) is 27.7 Å². The second kappa shape index (κ2) is 8.51. The van der Waals surface area contributed by atoms with Gasteiger partial charge in [0.1, 0.15) is 17.7 Å². The zero-order valence-electron chi connectivity index (χ0n) is 15.7. The summed E-state index contributed by atoms with van der Waals surface area (Å²) in [6.45, 7) is 7.04. The van der Waals surface area contributed by atoms with E-state index < -0.39 is 30.1 Å². The van der Waals surface area contributed by atoms with E-state index in [9.17, 15) is 14.7 Å². The topological polar surface area (TPSA) is 100 Å². The molecular formula is C19H28N2O5. The van der Waals surface area contributed by atoms with Crippen molar-refractivity contribution in [2.45, 2.75) is 70.6 Å². The first kappa shape index (κ1) is 20.2. The van der Waals surface area contributed by atoms with E-state index in [0.29, 0.717) is 12.8 Å². The molecule has 1 aliphatic heterocycles. The van der Waals surface area contributed by atoms with Crippen molar-refractivity contribution in [1.29, 1.82) is 0 Å². The van der Waals surface area contributed by atoms with Crippen molar-refractivity contribution in [2.24, 2.45) is 0 Å². The van der Waals surface area contributed by atoms with Crippen LogP contribution in [0.3, 0.4) is 0 Å². The first-order valence-corrected chi connectivity index (χ1v) is 8.83. The minimum Gasteiger partial charge on any atom is -0.444 e. The molecule has 0 radical (unpaired) electrons. The smallest absolute Gasteiger partial charge is 0.408 e. The number of benzene rings is 1. The summed E-state index contributed by atoms with van der Waals surface area (Å²) in [5.74, 6) is -0.331. The van der Waals surface area contributed by atoms with Crippen LogP contribution in [0.1, 0.15) is 39.7 Å². The minimum absolute atomic E-state index is 0.331. The number of carbonyl (C=O) groups excluding carboxylic acids is 2. The molecular weight excluding hydrogens is 336 g/mol. The molecule has 0 spiro atoms. The Morgan fingerprint density at radius 3 is 2.38 bits per heavy atom. The maximum Gasteiger partial charge on any atom is 0.408 e. The fourth-order valence-electron chi connectivity index (χ4n) is 2.56. The lowest BCUT2D eigenvalue weighted by Gasteiger charge is -2.24. The fourth-order valence-corrected chi connectivity index (χ4v) is 2.56. The van der Waals surface area contributed by atoms with Crippen molar-refractivity contribution < 1.29 is 24.2 Å². The van der Waals surface area contributed by atoms with E-state index in [-0.39, 0.29) is 11.9 Å². The van der Waals surface area contributed by atoms with Crippen molar-refractivity contribution in [3.05, 3.63) is 35.9 Å². The molecule has 2 amide bonds. The monoisotopic (exact) mass is 364 g/mol. The van der Waals surface area contributed by atoms with Crippen LogP contribution in [0.25, 0.3) is 0 Å². The number of nitrogens with one attached hydrogen (secondary N) is 2. The van der Waals surface area contributed by atoms with Gasteiger partial charge in [0.05, 0.1) is 6.04 Å². The molecule has 4 atom stereocenters. The van der Waals surface area contributed by atoms with Crippen LogP contribution >= 0.6 is 0 Å². The number of hydrogen-bond donors (Lipinski definition) is 3. The van der Waals surface area contributed by atoms with E-state index in [0.717, 1.165) is 5.56 Å². The lowest BCUT2D eigenvalue weighted by molar-refractivity contribution is -0.124. The predicted molar refractivity (Wildman–Crippen MR) is 96.4 cm³/mol. The van der Waals surface area contributed by atoms with Gasteiger partial charge in [0.15, 0.2) is 6.29 Å². The highest BCUT2D eigenvalue weighted by molar-refractivity contribution is 5.86. The van der Waals surface area contributed by atoms with Crippen molar-refractivity contribution in [3.63, 3.8) is 0 Å². The van der Waals surface area contributed by atoms with E-state index in [4.69, 9.17) is 9.47 Å². The van der Waals surface area contributed by atoms with Crippen LogP contribution in [0, 0.1) is 0 Å². The standard InChI is InChI=1S/C19H28N2O5/c1-12(15-17(23)25-15)20-16(22)14(21-18(24)26-19(2,3)4)11-10-13-8-6-5-7-9-13/h5-9,12,14-15,17,23H,10-11H2,1-4H3,(H,20,22)(H,21,24)/t12-,14+,15?,17?/m0/s1. The van der Waals surface area contributed by atoms with E-state index in [1.165, 1.54) is 0 Å². The summed E-state index contributed by atoms with van der Waals surface area (Å²) in [5, 5.41) is 14.7. The summed E-state index contributed by atoms with van der Waals surface area (Å²) >= 11 is 0. The van der Waals surface area contributed by atoms with Crippen LogP contribution in [-0.2, 0) is 20.7 Å². The zero-order valence-corrected chi connectivity index (χ0v) is 15.7. The molecule has 0 saturated carbocycles. The Bertz CT molecular complexity index is 614. The minimum atomic E-state index is -0.841. The number of aliphatic hydroxyl groups is 1. The molecule has 7 heteroatoms. The summed E-state index contributed by atoms with van der Waals surface area (Å²) in [7, 11) is 0. The van der Waals surface area contributed by atoms with Gasteiger partial charge in [-0.05, 0) is 46.1 Å². The van der Waals surface area contributed by atoms with E-state index in [2.05, 4.69) is 10.6 Å². The van der Waals surface area contributed by atoms with Crippen molar-refractivity contribution in [2.75, 3.05) is 0 Å². The van der Waals surface area contributed by atoms with Crippen LogP contribution in [0.4, 0.5) is 4.79 Å². The Morgan fingerprint density at radius 2 is 1.85 bits per heavy atom. The van der Waals surface area contributed by atoms with Gasteiger partial charge in [-0.3, -0.25) is 4.79 Å². The Kier molecular flexibility index (Phi) is 6.61. The van der Waals surface area contributed by atoms with Crippen LogP contribution in [0.5, 0.6) is 0 Å². The van der Waals surface area contributed by atoms with Gasteiger partial charge >= 0.3 is 6.09 Å². The van der Waals surface area contributed by atoms with Gasteiger partial charge in [0.25, 0.3) is 0 Å². The van der Waals surface area contributed by atoms with Crippen LogP contribution in [0.2, 0.25) is 0 Å². The highest BCUT2D eigenvalue weighted by Gasteiger charge is 2.42. The van der Waals surface area contributed by atoms with Crippen molar-refractivity contribution in [1.82, 2.24) is 10.6 Å². The number of ether oxygens (including phenoxy) is 2. The van der Waals surface area contributed by atoms with Gasteiger partial charge in [0.2, 0.25) is 5.91 Å². The number of aryl methyl sites for hydroxylation is 1. The lowest BCUT2D eigenvalue weighted by Crippen LogP contribution is -2.51. The predicted octanol–water partition coefficient (Wildman–Crippen LogP) is 1.73. The maximum absolute atomic E-state index is 12.6. The van der Waals surface area contributed by atoms with Gasteiger partial charge in [-0.15, -0.1) is 0 Å². The van der Waals surface area contributed by atoms with E-state index >= 15 is 0 Å². The van der Waals surface area contributed by atoms with Crippen LogP contribution < -0.4 is 10.6 Å². The Balaban J connectivity index is 1.97. The van der Waals surface area contributed by atoms with Crippen LogP contribution in [0.15, 0.2) is 30.3 Å². The number of epoxide rings is 1. The van der Waals surface area contributed by atoms with Gasteiger partial charge in [0, 0.05) is 0 Å². The molecule has 1 saturated heterocycles.